The van der Waals surface area contributed by atoms with Crippen molar-refractivity contribution in [3.05, 3.63) is 16.3 Å². The van der Waals surface area contributed by atoms with Crippen molar-refractivity contribution in [3.8, 4) is 0 Å². The van der Waals surface area contributed by atoms with Crippen LogP contribution in [-0.2, 0) is 0 Å². The first-order valence-corrected chi connectivity index (χ1v) is 5.88. The summed E-state index contributed by atoms with van der Waals surface area (Å²) in [6.45, 7) is 0.596. The molecule has 0 aromatic carbocycles. The van der Waals surface area contributed by atoms with Crippen molar-refractivity contribution in [2.75, 3.05) is 23.9 Å². The van der Waals surface area contributed by atoms with Crippen LogP contribution in [0.25, 0.3) is 0 Å². The van der Waals surface area contributed by atoms with Gasteiger partial charge in [-0.1, -0.05) is 0 Å². The van der Waals surface area contributed by atoms with Crippen LogP contribution in [0.2, 0.25) is 0 Å². The van der Waals surface area contributed by atoms with Crippen LogP contribution >= 0.6 is 0 Å². The second-order valence-electron chi connectivity index (χ2n) is 4.68. The van der Waals surface area contributed by atoms with Crippen molar-refractivity contribution in [3.63, 3.8) is 0 Å². The minimum absolute atomic E-state index is 0.126. The molecule has 4 N–H and O–H groups in total. The number of aromatic nitrogens is 2. The lowest BCUT2D eigenvalue weighted by molar-refractivity contribution is -0.384. The molecular weight excluding hydrogens is 252 g/mol. The molecule has 0 saturated heterocycles. The van der Waals surface area contributed by atoms with E-state index < -0.39 is 4.92 Å². The van der Waals surface area contributed by atoms with E-state index in [1.165, 1.54) is 0 Å². The van der Waals surface area contributed by atoms with Crippen molar-refractivity contribution in [1.29, 1.82) is 0 Å². The molecule has 0 aliphatic heterocycles. The van der Waals surface area contributed by atoms with Gasteiger partial charge >= 0.3 is 5.69 Å². The van der Waals surface area contributed by atoms with E-state index in [4.69, 9.17) is 5.84 Å². The fourth-order valence-corrected chi connectivity index (χ4v) is 2.17. The largest absolute Gasteiger partial charge is 0.393 e. The lowest BCUT2D eigenvalue weighted by Crippen LogP contribution is -2.37. The Hall–Kier alpha value is -2.00. The van der Waals surface area contributed by atoms with E-state index in [1.54, 1.807) is 11.9 Å². The molecule has 104 valence electrons. The van der Waals surface area contributed by atoms with Crippen LogP contribution in [0.5, 0.6) is 0 Å². The summed E-state index contributed by atoms with van der Waals surface area (Å²) in [7, 11) is 1.72. The molecule has 9 heteroatoms. The third-order valence-corrected chi connectivity index (χ3v) is 3.18. The molecule has 9 nitrogen and oxygen atoms in total. The molecule has 1 aliphatic rings. The maximum absolute atomic E-state index is 11.0. The summed E-state index contributed by atoms with van der Waals surface area (Å²) in [6, 6.07) is 0. The number of rotatable bonds is 5. The zero-order valence-corrected chi connectivity index (χ0v) is 10.5. The number of hydrogen-bond donors (Lipinski definition) is 3. The van der Waals surface area contributed by atoms with Crippen LogP contribution in [0.15, 0.2) is 6.20 Å². The van der Waals surface area contributed by atoms with Crippen LogP contribution in [0.4, 0.5) is 17.5 Å². The third-order valence-electron chi connectivity index (χ3n) is 3.18. The highest BCUT2D eigenvalue weighted by Gasteiger charge is 2.30. The number of nitrogens with one attached hydrogen (secondary N) is 1. The van der Waals surface area contributed by atoms with Crippen molar-refractivity contribution >= 4 is 17.5 Å². The number of aliphatic hydroxyl groups is 1. The summed E-state index contributed by atoms with van der Waals surface area (Å²) in [5, 5.41) is 20.2. The molecule has 0 unspecified atom stereocenters. The number of hydrazine groups is 1. The second-order valence-corrected chi connectivity index (χ2v) is 4.68. The molecule has 1 aromatic rings. The highest BCUT2D eigenvalue weighted by molar-refractivity contribution is 5.58. The van der Waals surface area contributed by atoms with Gasteiger partial charge in [-0.15, -0.1) is 0 Å². The van der Waals surface area contributed by atoms with Crippen LogP contribution in [-0.4, -0.2) is 39.7 Å². The molecule has 1 heterocycles. The molecule has 0 amide bonds. The lowest BCUT2D eigenvalue weighted by atomic mass is 9.82. The first-order valence-electron chi connectivity index (χ1n) is 5.88. The summed E-state index contributed by atoms with van der Waals surface area (Å²) in [4.78, 5) is 19.9. The Morgan fingerprint density at radius 2 is 2.37 bits per heavy atom. The van der Waals surface area contributed by atoms with E-state index in [2.05, 4.69) is 15.4 Å². The Morgan fingerprint density at radius 1 is 1.68 bits per heavy atom. The Balaban J connectivity index is 2.17. The number of hydrogen-bond acceptors (Lipinski definition) is 8. The highest BCUT2D eigenvalue weighted by atomic mass is 16.6. The summed E-state index contributed by atoms with van der Waals surface area (Å²) in [6.07, 6.45) is 2.31. The second kappa shape index (κ2) is 5.33. The maximum Gasteiger partial charge on any atom is 0.329 e. The molecule has 1 saturated carbocycles. The van der Waals surface area contributed by atoms with Gasteiger partial charge in [0.2, 0.25) is 11.8 Å². The molecule has 0 radical (unpaired) electrons. The van der Waals surface area contributed by atoms with Crippen molar-refractivity contribution in [2.45, 2.75) is 18.9 Å². The standard InChI is InChI=1S/C10H16N6O3/c1-15(5-6-2-7(17)3-6)9-8(16(18)19)4-12-10(13-9)14-11/h4,6-7,17H,2-3,5,11H2,1H3,(H,12,13,14). The topological polar surface area (TPSA) is 130 Å². The van der Waals surface area contributed by atoms with Gasteiger partial charge in [0.15, 0.2) is 0 Å². The smallest absolute Gasteiger partial charge is 0.329 e. The SMILES string of the molecule is CN(CC1CC(O)C1)c1nc(NN)ncc1[N+](=O)[O-]. The molecular formula is C10H16N6O3. The maximum atomic E-state index is 11.0. The van der Waals surface area contributed by atoms with Gasteiger partial charge in [-0.05, 0) is 18.8 Å². The normalized spacial score (nSPS) is 21.6. The summed E-state index contributed by atoms with van der Waals surface area (Å²) >= 11 is 0. The highest BCUT2D eigenvalue weighted by Crippen LogP contribution is 2.31. The zero-order valence-electron chi connectivity index (χ0n) is 10.5. The lowest BCUT2D eigenvalue weighted by Gasteiger charge is -2.34. The van der Waals surface area contributed by atoms with Gasteiger partial charge in [-0.3, -0.25) is 15.5 Å². The summed E-state index contributed by atoms with van der Waals surface area (Å²) in [5.41, 5.74) is 2.10. The Morgan fingerprint density at radius 3 is 2.89 bits per heavy atom. The van der Waals surface area contributed by atoms with Gasteiger partial charge in [0, 0.05) is 13.6 Å². The zero-order chi connectivity index (χ0) is 14.0. The number of nitro groups is 1. The first kappa shape index (κ1) is 13.4. The van der Waals surface area contributed by atoms with Crippen molar-refractivity contribution < 1.29 is 10.0 Å². The number of nitrogens with zero attached hydrogens (tertiary/aromatic N) is 4. The monoisotopic (exact) mass is 268 g/mol. The summed E-state index contributed by atoms with van der Waals surface area (Å²) in [5.74, 6) is 5.87. The van der Waals surface area contributed by atoms with Crippen molar-refractivity contribution in [1.82, 2.24) is 9.97 Å². The van der Waals surface area contributed by atoms with E-state index in [-0.39, 0.29) is 23.6 Å². The average molecular weight is 268 g/mol. The molecule has 2 rings (SSSR count). The Bertz CT molecular complexity index is 476. The molecule has 0 bridgehead atoms. The van der Waals surface area contributed by atoms with Gasteiger partial charge in [0.05, 0.1) is 11.0 Å². The Kier molecular flexibility index (Phi) is 3.76. The number of anilines is 2. The number of nitrogen functional groups attached to an aromatic ring is 1. The fraction of sp³-hybridized carbons (Fsp3) is 0.600. The first-order chi connectivity index (χ1) is 9.01. The molecule has 19 heavy (non-hydrogen) atoms. The van der Waals surface area contributed by atoms with Crippen LogP contribution in [0.3, 0.4) is 0 Å². The Labute approximate surface area is 109 Å². The van der Waals surface area contributed by atoms with E-state index in [1.807, 2.05) is 0 Å². The van der Waals surface area contributed by atoms with E-state index in [9.17, 15) is 15.2 Å². The fourth-order valence-electron chi connectivity index (χ4n) is 2.17. The molecule has 1 aromatic heterocycles. The van der Waals surface area contributed by atoms with Gasteiger partial charge in [-0.25, -0.2) is 10.8 Å². The number of nitrogens with two attached hydrogens (primary N) is 1. The average Bonchev–Trinajstić information content (AvgIpc) is 2.35. The molecule has 1 fully saturated rings. The summed E-state index contributed by atoms with van der Waals surface area (Å²) < 4.78 is 0. The van der Waals surface area contributed by atoms with Gasteiger partial charge in [0.25, 0.3) is 0 Å². The predicted octanol–water partition coefficient (Wildman–Crippen LogP) is -0.122. The molecule has 0 atom stereocenters. The van der Waals surface area contributed by atoms with Gasteiger partial charge < -0.3 is 10.0 Å². The molecule has 0 spiro atoms. The molecule has 1 aliphatic carbocycles. The van der Waals surface area contributed by atoms with Crippen LogP contribution < -0.4 is 16.2 Å². The van der Waals surface area contributed by atoms with E-state index >= 15 is 0 Å². The van der Waals surface area contributed by atoms with E-state index in [0.717, 1.165) is 6.20 Å². The van der Waals surface area contributed by atoms with Crippen LogP contribution in [0, 0.1) is 16.0 Å². The predicted molar refractivity (Wildman–Crippen MR) is 68.5 cm³/mol. The third kappa shape index (κ3) is 2.88. The quantitative estimate of drug-likeness (QED) is 0.382. The number of aliphatic hydroxyl groups excluding tert-OH is 1. The minimum atomic E-state index is -0.526. The van der Waals surface area contributed by atoms with E-state index in [0.29, 0.717) is 25.3 Å². The van der Waals surface area contributed by atoms with Crippen molar-refractivity contribution in [2.24, 2.45) is 11.8 Å². The van der Waals surface area contributed by atoms with Crippen LogP contribution in [0.1, 0.15) is 12.8 Å². The van der Waals surface area contributed by atoms with Gasteiger partial charge in [-0.2, -0.15) is 4.98 Å². The van der Waals surface area contributed by atoms with Gasteiger partial charge in [0.1, 0.15) is 6.20 Å². The minimum Gasteiger partial charge on any atom is -0.393 e.